The van der Waals surface area contributed by atoms with Crippen LogP contribution in [0.4, 0.5) is 5.69 Å². The first kappa shape index (κ1) is 32.0. The van der Waals surface area contributed by atoms with Crippen molar-refractivity contribution in [3.05, 3.63) is 131 Å². The van der Waals surface area contributed by atoms with Gasteiger partial charge in [0.25, 0.3) is 10.0 Å². The minimum Gasteiger partial charge on any atom is -0.352 e. The van der Waals surface area contributed by atoms with Gasteiger partial charge in [0.1, 0.15) is 12.6 Å². The molecule has 1 fully saturated rings. The molecular formula is C37H41N3O4S. The number of carbonyl (C=O) groups excluding carboxylic acids is 2. The minimum atomic E-state index is -4.13. The van der Waals surface area contributed by atoms with Gasteiger partial charge < -0.3 is 10.2 Å². The van der Waals surface area contributed by atoms with Crippen LogP contribution in [-0.2, 0) is 32.6 Å². The van der Waals surface area contributed by atoms with Crippen molar-refractivity contribution in [3.8, 4) is 0 Å². The fraction of sp³-hybridized carbons (Fsp3) is 0.297. The number of nitrogens with one attached hydrogen (secondary N) is 1. The molecule has 7 nitrogen and oxygen atoms in total. The van der Waals surface area contributed by atoms with E-state index in [1.165, 1.54) is 16.4 Å². The third-order valence-corrected chi connectivity index (χ3v) is 10.2. The van der Waals surface area contributed by atoms with E-state index in [1.54, 1.807) is 29.2 Å². The Balaban J connectivity index is 1.57. The highest BCUT2D eigenvalue weighted by Gasteiger charge is 2.35. The van der Waals surface area contributed by atoms with Crippen LogP contribution >= 0.6 is 0 Å². The van der Waals surface area contributed by atoms with E-state index >= 15 is 0 Å². The van der Waals surface area contributed by atoms with E-state index in [4.69, 9.17) is 0 Å². The first-order valence-electron chi connectivity index (χ1n) is 15.5. The summed E-state index contributed by atoms with van der Waals surface area (Å²) < 4.78 is 29.6. The summed E-state index contributed by atoms with van der Waals surface area (Å²) in [6.45, 7) is 3.48. The van der Waals surface area contributed by atoms with Crippen molar-refractivity contribution in [2.75, 3.05) is 10.8 Å². The van der Waals surface area contributed by atoms with Crippen LogP contribution in [-0.4, -0.2) is 43.8 Å². The van der Waals surface area contributed by atoms with E-state index in [0.29, 0.717) is 12.1 Å². The molecule has 1 aliphatic carbocycles. The molecule has 0 aliphatic heterocycles. The lowest BCUT2D eigenvalue weighted by Crippen LogP contribution is -2.54. The maximum atomic E-state index is 14.6. The van der Waals surface area contributed by atoms with Gasteiger partial charge in [0, 0.05) is 19.0 Å². The molecule has 1 aliphatic rings. The molecule has 2 amide bonds. The quantitative estimate of drug-likeness (QED) is 0.204. The molecule has 45 heavy (non-hydrogen) atoms. The average molecular weight is 624 g/mol. The van der Waals surface area contributed by atoms with Crippen molar-refractivity contribution >= 4 is 27.5 Å². The van der Waals surface area contributed by atoms with Crippen molar-refractivity contribution in [3.63, 3.8) is 0 Å². The van der Waals surface area contributed by atoms with Crippen molar-refractivity contribution in [1.82, 2.24) is 10.2 Å². The Bertz CT molecular complexity index is 1690. The van der Waals surface area contributed by atoms with E-state index in [9.17, 15) is 18.0 Å². The maximum Gasteiger partial charge on any atom is 0.264 e. The number of anilines is 1. The van der Waals surface area contributed by atoms with Gasteiger partial charge in [-0.15, -0.1) is 0 Å². The number of aryl methyl sites for hydroxylation is 2. The second kappa shape index (κ2) is 14.6. The topological polar surface area (TPSA) is 86.8 Å². The van der Waals surface area contributed by atoms with Gasteiger partial charge in [-0.3, -0.25) is 13.9 Å². The van der Waals surface area contributed by atoms with Crippen molar-refractivity contribution in [2.24, 2.45) is 0 Å². The maximum absolute atomic E-state index is 14.6. The molecule has 0 radical (unpaired) electrons. The zero-order valence-corrected chi connectivity index (χ0v) is 26.7. The molecule has 1 saturated carbocycles. The van der Waals surface area contributed by atoms with Crippen molar-refractivity contribution < 1.29 is 18.0 Å². The third kappa shape index (κ3) is 8.00. The Kier molecular flexibility index (Phi) is 10.4. The first-order valence-corrected chi connectivity index (χ1v) is 17.0. The van der Waals surface area contributed by atoms with Crippen LogP contribution in [0.3, 0.4) is 0 Å². The molecule has 4 aromatic carbocycles. The van der Waals surface area contributed by atoms with Crippen LogP contribution in [0.2, 0.25) is 0 Å². The van der Waals surface area contributed by atoms with Crippen LogP contribution in [0.5, 0.6) is 0 Å². The van der Waals surface area contributed by atoms with Crippen molar-refractivity contribution in [1.29, 1.82) is 0 Å². The number of nitrogens with zero attached hydrogens (tertiary/aromatic N) is 2. The smallest absolute Gasteiger partial charge is 0.264 e. The van der Waals surface area contributed by atoms with Crippen LogP contribution in [0.1, 0.15) is 47.9 Å². The second-order valence-corrected chi connectivity index (χ2v) is 13.7. The highest BCUT2D eigenvalue weighted by atomic mass is 32.2. The zero-order chi connectivity index (χ0) is 31.8. The Labute approximate surface area is 266 Å². The summed E-state index contributed by atoms with van der Waals surface area (Å²) in [6, 6.07) is 32.0. The van der Waals surface area contributed by atoms with E-state index < -0.39 is 28.5 Å². The molecule has 4 aromatic rings. The number of rotatable bonds is 12. The standard InChI is InChI=1S/C37H41N3O4S/c1-28-22-23-34(29(2)24-28)40(45(43,44)33-20-10-5-11-21-33)27-36(41)39(26-31-16-8-4-9-17-31)35(25-30-14-6-3-7-15-30)37(42)38-32-18-12-13-19-32/h3-11,14-17,20-24,32,35H,12-13,18-19,25-27H2,1-2H3,(H,38,42). The van der Waals surface area contributed by atoms with E-state index in [0.717, 1.165) is 47.9 Å². The van der Waals surface area contributed by atoms with Crippen molar-refractivity contribution in [2.45, 2.75) is 69.5 Å². The predicted molar refractivity (Wildman–Crippen MR) is 178 cm³/mol. The monoisotopic (exact) mass is 623 g/mol. The van der Waals surface area contributed by atoms with Crippen LogP contribution in [0.25, 0.3) is 0 Å². The van der Waals surface area contributed by atoms with Gasteiger partial charge in [-0.05, 0) is 61.6 Å². The minimum absolute atomic E-state index is 0.0645. The molecule has 0 heterocycles. The summed E-state index contributed by atoms with van der Waals surface area (Å²) in [7, 11) is -4.13. The van der Waals surface area contributed by atoms with Gasteiger partial charge in [-0.25, -0.2) is 8.42 Å². The van der Waals surface area contributed by atoms with Crippen LogP contribution in [0, 0.1) is 13.8 Å². The highest BCUT2D eigenvalue weighted by Crippen LogP contribution is 2.29. The van der Waals surface area contributed by atoms with E-state index in [-0.39, 0.29) is 23.4 Å². The lowest BCUT2D eigenvalue weighted by molar-refractivity contribution is -0.140. The molecule has 1 unspecified atom stereocenters. The third-order valence-electron chi connectivity index (χ3n) is 8.40. The largest absolute Gasteiger partial charge is 0.352 e. The van der Waals surface area contributed by atoms with Gasteiger partial charge >= 0.3 is 0 Å². The van der Waals surface area contributed by atoms with Crippen LogP contribution < -0.4 is 9.62 Å². The molecule has 8 heteroatoms. The van der Waals surface area contributed by atoms with Gasteiger partial charge in [0.2, 0.25) is 11.8 Å². The highest BCUT2D eigenvalue weighted by molar-refractivity contribution is 7.92. The Hall–Kier alpha value is -4.43. The number of benzene rings is 4. The number of hydrogen-bond acceptors (Lipinski definition) is 4. The van der Waals surface area contributed by atoms with Gasteiger partial charge in [0.05, 0.1) is 10.6 Å². The lowest BCUT2D eigenvalue weighted by atomic mass is 10.0. The van der Waals surface area contributed by atoms with E-state index in [1.807, 2.05) is 86.6 Å². The molecule has 1 atom stereocenters. The van der Waals surface area contributed by atoms with Gasteiger partial charge in [-0.1, -0.05) is 109 Å². The summed E-state index contributed by atoms with van der Waals surface area (Å²) >= 11 is 0. The summed E-state index contributed by atoms with van der Waals surface area (Å²) in [6.07, 6.45) is 4.23. The SMILES string of the molecule is Cc1ccc(N(CC(=O)N(Cc2ccccc2)C(Cc2ccccc2)C(=O)NC2CCCC2)S(=O)(=O)c2ccccc2)c(C)c1. The molecule has 5 rings (SSSR count). The van der Waals surface area contributed by atoms with Gasteiger partial charge in [0.15, 0.2) is 0 Å². The van der Waals surface area contributed by atoms with E-state index in [2.05, 4.69) is 5.32 Å². The zero-order valence-electron chi connectivity index (χ0n) is 25.9. The fourth-order valence-corrected chi connectivity index (χ4v) is 7.52. The normalized spacial score (nSPS) is 14.1. The number of sulfonamides is 1. The predicted octanol–water partition coefficient (Wildman–Crippen LogP) is 6.20. The van der Waals surface area contributed by atoms with Crippen LogP contribution in [0.15, 0.2) is 114 Å². The molecule has 0 spiro atoms. The molecule has 234 valence electrons. The molecular weight excluding hydrogens is 582 g/mol. The number of amides is 2. The lowest BCUT2D eigenvalue weighted by Gasteiger charge is -2.34. The summed E-state index contributed by atoms with van der Waals surface area (Å²) in [5.74, 6) is -0.681. The summed E-state index contributed by atoms with van der Waals surface area (Å²) in [5, 5.41) is 3.21. The molecule has 0 aromatic heterocycles. The summed E-state index contributed by atoms with van der Waals surface area (Å²) in [4.78, 5) is 30.3. The Morgan fingerprint density at radius 1 is 0.800 bits per heavy atom. The molecule has 0 saturated heterocycles. The molecule has 1 N–H and O–H groups in total. The number of carbonyl (C=O) groups is 2. The fourth-order valence-electron chi connectivity index (χ4n) is 6.02. The second-order valence-electron chi connectivity index (χ2n) is 11.8. The van der Waals surface area contributed by atoms with Gasteiger partial charge in [-0.2, -0.15) is 0 Å². The molecule has 0 bridgehead atoms. The summed E-state index contributed by atoms with van der Waals surface area (Å²) in [5.41, 5.74) is 3.90. The average Bonchev–Trinajstić information content (AvgIpc) is 3.56. The first-order chi connectivity index (χ1) is 21.7. The number of hydrogen-bond donors (Lipinski definition) is 1. The Morgan fingerprint density at radius 2 is 1.38 bits per heavy atom. The Morgan fingerprint density at radius 3 is 1.98 bits per heavy atom.